The molecule has 26 heavy (non-hydrogen) atoms. The van der Waals surface area contributed by atoms with E-state index in [1.807, 2.05) is 13.8 Å². The third-order valence-corrected chi connectivity index (χ3v) is 6.21. The maximum atomic E-state index is 13.6. The van der Waals surface area contributed by atoms with Gasteiger partial charge >= 0.3 is 0 Å². The fraction of sp³-hybridized carbons (Fsp3) is 0.435. The van der Waals surface area contributed by atoms with E-state index < -0.39 is 0 Å². The third kappa shape index (κ3) is 3.21. The SMILES string of the molecule is Cc1cc(F)cc(C)c1C(=O)C1CC2CCC(C1)N2Cc1ccccc1. The first-order chi connectivity index (χ1) is 12.5. The van der Waals surface area contributed by atoms with Crippen molar-refractivity contribution < 1.29 is 9.18 Å². The molecule has 2 bridgehead atoms. The molecule has 2 saturated heterocycles. The van der Waals surface area contributed by atoms with Crippen LogP contribution in [0.15, 0.2) is 42.5 Å². The van der Waals surface area contributed by atoms with Crippen molar-refractivity contribution >= 4 is 5.78 Å². The third-order valence-electron chi connectivity index (χ3n) is 6.21. The Bertz CT molecular complexity index is 779. The quantitative estimate of drug-likeness (QED) is 0.717. The summed E-state index contributed by atoms with van der Waals surface area (Å²) in [5, 5.41) is 0. The number of nitrogens with zero attached hydrogens (tertiary/aromatic N) is 1. The van der Waals surface area contributed by atoms with Gasteiger partial charge in [0.15, 0.2) is 5.78 Å². The van der Waals surface area contributed by atoms with Crippen LogP contribution in [0.3, 0.4) is 0 Å². The molecule has 2 unspecified atom stereocenters. The second-order valence-electron chi connectivity index (χ2n) is 7.99. The molecule has 4 rings (SSSR count). The first-order valence-electron chi connectivity index (χ1n) is 9.63. The van der Waals surface area contributed by atoms with Gasteiger partial charge in [-0.15, -0.1) is 0 Å². The van der Waals surface area contributed by atoms with Crippen LogP contribution in [0.25, 0.3) is 0 Å². The summed E-state index contributed by atoms with van der Waals surface area (Å²) in [5.41, 5.74) is 3.63. The van der Waals surface area contributed by atoms with Crippen LogP contribution in [-0.2, 0) is 6.54 Å². The lowest BCUT2D eigenvalue weighted by molar-refractivity contribution is 0.0677. The molecule has 2 aliphatic heterocycles. The number of hydrogen-bond donors (Lipinski definition) is 0. The molecule has 2 aliphatic rings. The van der Waals surface area contributed by atoms with Crippen molar-refractivity contribution in [3.8, 4) is 0 Å². The van der Waals surface area contributed by atoms with Gasteiger partial charge in [-0.25, -0.2) is 4.39 Å². The molecule has 2 aromatic rings. The topological polar surface area (TPSA) is 20.3 Å². The summed E-state index contributed by atoms with van der Waals surface area (Å²) >= 11 is 0. The molecule has 2 nitrogen and oxygen atoms in total. The molecule has 3 heteroatoms. The maximum absolute atomic E-state index is 13.6. The first kappa shape index (κ1) is 17.4. The highest BCUT2D eigenvalue weighted by molar-refractivity contribution is 6.00. The van der Waals surface area contributed by atoms with Crippen LogP contribution < -0.4 is 0 Å². The summed E-state index contributed by atoms with van der Waals surface area (Å²) in [6.45, 7) is 4.68. The Morgan fingerprint density at radius 1 is 1.04 bits per heavy atom. The van der Waals surface area contributed by atoms with Crippen molar-refractivity contribution in [1.82, 2.24) is 4.90 Å². The molecule has 136 valence electrons. The molecule has 0 radical (unpaired) electrons. The van der Waals surface area contributed by atoms with Gasteiger partial charge in [-0.2, -0.15) is 0 Å². The number of halogens is 1. The minimum atomic E-state index is -0.255. The van der Waals surface area contributed by atoms with Crippen molar-refractivity contribution in [2.24, 2.45) is 5.92 Å². The zero-order chi connectivity index (χ0) is 18.3. The Balaban J connectivity index is 1.51. The van der Waals surface area contributed by atoms with Gasteiger partial charge in [-0.05, 0) is 68.4 Å². The predicted molar refractivity (Wildman–Crippen MR) is 102 cm³/mol. The van der Waals surface area contributed by atoms with Gasteiger partial charge in [0.25, 0.3) is 0 Å². The van der Waals surface area contributed by atoms with Crippen LogP contribution in [0.5, 0.6) is 0 Å². The van der Waals surface area contributed by atoms with E-state index >= 15 is 0 Å². The number of aryl methyl sites for hydroxylation is 2. The summed E-state index contributed by atoms with van der Waals surface area (Å²) in [4.78, 5) is 15.8. The normalized spacial score (nSPS) is 25.4. The molecular formula is C23H26FNO. The van der Waals surface area contributed by atoms with E-state index in [-0.39, 0.29) is 17.5 Å². The molecule has 2 atom stereocenters. The lowest BCUT2D eigenvalue weighted by Crippen LogP contribution is -2.44. The fourth-order valence-electron chi connectivity index (χ4n) is 5.04. The van der Waals surface area contributed by atoms with Crippen LogP contribution in [0.1, 0.15) is 52.7 Å². The summed E-state index contributed by atoms with van der Waals surface area (Å²) in [7, 11) is 0. The Labute approximate surface area is 155 Å². The van der Waals surface area contributed by atoms with E-state index in [1.165, 1.54) is 30.5 Å². The smallest absolute Gasteiger partial charge is 0.166 e. The molecule has 0 spiro atoms. The number of rotatable bonds is 4. The van der Waals surface area contributed by atoms with E-state index in [9.17, 15) is 9.18 Å². The lowest BCUT2D eigenvalue weighted by Gasteiger charge is -2.38. The number of carbonyl (C=O) groups is 1. The largest absolute Gasteiger partial charge is 0.294 e. The maximum Gasteiger partial charge on any atom is 0.166 e. The average molecular weight is 351 g/mol. The van der Waals surface area contributed by atoms with Gasteiger partial charge in [0, 0.05) is 30.1 Å². The van der Waals surface area contributed by atoms with Crippen molar-refractivity contribution in [3.63, 3.8) is 0 Å². The van der Waals surface area contributed by atoms with Crippen LogP contribution in [-0.4, -0.2) is 22.8 Å². The van der Waals surface area contributed by atoms with Gasteiger partial charge in [-0.3, -0.25) is 9.69 Å². The molecule has 2 fully saturated rings. The number of carbonyl (C=O) groups excluding carboxylic acids is 1. The Kier molecular flexibility index (Phi) is 4.66. The predicted octanol–water partition coefficient (Wildman–Crippen LogP) is 5.07. The molecule has 2 aromatic carbocycles. The van der Waals surface area contributed by atoms with E-state index in [0.717, 1.165) is 36.1 Å². The number of ketones is 1. The highest BCUT2D eigenvalue weighted by atomic mass is 19.1. The van der Waals surface area contributed by atoms with E-state index in [2.05, 4.69) is 35.2 Å². The van der Waals surface area contributed by atoms with Crippen molar-refractivity contribution in [1.29, 1.82) is 0 Å². The lowest BCUT2D eigenvalue weighted by atomic mass is 9.82. The molecule has 2 heterocycles. The van der Waals surface area contributed by atoms with Crippen LogP contribution in [0, 0.1) is 25.6 Å². The number of benzene rings is 2. The second-order valence-corrected chi connectivity index (χ2v) is 7.99. The highest BCUT2D eigenvalue weighted by Gasteiger charge is 2.43. The van der Waals surface area contributed by atoms with Gasteiger partial charge in [0.2, 0.25) is 0 Å². The van der Waals surface area contributed by atoms with Crippen LogP contribution in [0.2, 0.25) is 0 Å². The standard InChI is InChI=1S/C23H26FNO/c1-15-10-19(24)11-16(2)22(15)23(26)18-12-20-8-9-21(13-18)25(20)14-17-6-4-3-5-7-17/h3-7,10-11,18,20-21H,8-9,12-14H2,1-2H3. The van der Waals surface area contributed by atoms with E-state index in [1.54, 1.807) is 0 Å². The number of hydrogen-bond acceptors (Lipinski definition) is 2. The Hall–Kier alpha value is -2.00. The minimum absolute atomic E-state index is 0.0717. The van der Waals surface area contributed by atoms with Crippen molar-refractivity contribution in [3.05, 3.63) is 70.5 Å². The van der Waals surface area contributed by atoms with Crippen molar-refractivity contribution in [2.75, 3.05) is 0 Å². The minimum Gasteiger partial charge on any atom is -0.294 e. The monoisotopic (exact) mass is 351 g/mol. The average Bonchev–Trinajstić information content (AvgIpc) is 2.83. The summed E-state index contributed by atoms with van der Waals surface area (Å²) in [6, 6.07) is 14.5. The molecule has 0 aliphatic carbocycles. The van der Waals surface area contributed by atoms with E-state index in [4.69, 9.17) is 0 Å². The van der Waals surface area contributed by atoms with E-state index in [0.29, 0.717) is 12.1 Å². The number of piperidine rings is 1. The second kappa shape index (κ2) is 6.96. The molecular weight excluding hydrogens is 325 g/mol. The zero-order valence-corrected chi connectivity index (χ0v) is 15.5. The molecule has 0 N–H and O–H groups in total. The Morgan fingerprint density at radius 2 is 1.62 bits per heavy atom. The first-order valence-corrected chi connectivity index (χ1v) is 9.63. The number of fused-ring (bicyclic) bond motifs is 2. The van der Waals surface area contributed by atoms with Gasteiger partial charge in [-0.1, -0.05) is 30.3 Å². The fourth-order valence-corrected chi connectivity index (χ4v) is 5.04. The summed E-state index contributed by atoms with van der Waals surface area (Å²) < 4.78 is 13.6. The molecule has 0 amide bonds. The van der Waals surface area contributed by atoms with Gasteiger partial charge in [0.05, 0.1) is 0 Å². The van der Waals surface area contributed by atoms with Crippen LogP contribution in [0.4, 0.5) is 4.39 Å². The summed E-state index contributed by atoms with van der Waals surface area (Å²) in [5.74, 6) is 0.0351. The zero-order valence-electron chi connectivity index (χ0n) is 15.5. The molecule has 0 saturated carbocycles. The summed E-state index contributed by atoms with van der Waals surface area (Å²) in [6.07, 6.45) is 4.22. The highest BCUT2D eigenvalue weighted by Crippen LogP contribution is 2.41. The van der Waals surface area contributed by atoms with Crippen LogP contribution >= 0.6 is 0 Å². The van der Waals surface area contributed by atoms with Crippen molar-refractivity contribution in [2.45, 2.75) is 58.2 Å². The number of Topliss-reactive ketones (excluding diaryl/α,β-unsaturated/α-hetero) is 1. The van der Waals surface area contributed by atoms with Gasteiger partial charge < -0.3 is 0 Å². The molecule has 0 aromatic heterocycles. The Morgan fingerprint density at radius 3 is 2.19 bits per heavy atom. The van der Waals surface area contributed by atoms with Gasteiger partial charge in [0.1, 0.15) is 5.82 Å².